The third kappa shape index (κ3) is 2.15. The highest BCUT2D eigenvalue weighted by Crippen LogP contribution is 2.59. The predicted molar refractivity (Wildman–Crippen MR) is 126 cm³/mol. The first-order valence-corrected chi connectivity index (χ1v) is 10.7. The van der Waals surface area contributed by atoms with E-state index in [0.29, 0.717) is 17.0 Å². The number of aromatic nitrogens is 2. The second-order valence-corrected chi connectivity index (χ2v) is 8.35. The van der Waals surface area contributed by atoms with Gasteiger partial charge in [0.25, 0.3) is 0 Å². The summed E-state index contributed by atoms with van der Waals surface area (Å²) in [6.45, 7) is 0. The highest BCUT2D eigenvalue weighted by molar-refractivity contribution is 5.92. The molecule has 1 aliphatic heterocycles. The van der Waals surface area contributed by atoms with Crippen molar-refractivity contribution in [2.45, 2.75) is 5.41 Å². The van der Waals surface area contributed by atoms with Gasteiger partial charge in [0.15, 0.2) is 0 Å². The lowest BCUT2D eigenvalue weighted by molar-refractivity contribution is 0.380. The molecule has 0 amide bonds. The molecule has 0 saturated carbocycles. The number of nitrogens with two attached hydrogens (primary N) is 1. The minimum Gasteiger partial charge on any atom is -0.440 e. The fourth-order valence-electron chi connectivity index (χ4n) is 5.34. The molecular weight excluding hydrogens is 408 g/mol. The Kier molecular flexibility index (Phi) is 3.36. The molecule has 0 fully saturated rings. The fraction of sp³-hybridized carbons (Fsp3) is 0.0357. The van der Waals surface area contributed by atoms with Crippen molar-refractivity contribution in [1.82, 2.24) is 9.97 Å². The summed E-state index contributed by atoms with van der Waals surface area (Å²) in [6, 6.07) is 30.4. The van der Waals surface area contributed by atoms with Crippen LogP contribution in [0.2, 0.25) is 0 Å². The van der Waals surface area contributed by atoms with E-state index < -0.39 is 5.41 Å². The summed E-state index contributed by atoms with van der Waals surface area (Å²) >= 11 is 0. The highest BCUT2D eigenvalue weighted by Gasteiger charge is 2.55. The molecule has 7 rings (SSSR count). The molecule has 154 valence electrons. The number of benzene rings is 4. The van der Waals surface area contributed by atoms with Crippen LogP contribution < -0.4 is 10.5 Å². The van der Waals surface area contributed by atoms with E-state index in [2.05, 4.69) is 18.2 Å². The first-order valence-electron chi connectivity index (χ1n) is 10.7. The van der Waals surface area contributed by atoms with Crippen molar-refractivity contribution in [2.24, 2.45) is 5.73 Å². The number of para-hydroxylation sites is 2. The molecule has 2 heterocycles. The monoisotopic (exact) mass is 424 g/mol. The number of nitriles is 1. The van der Waals surface area contributed by atoms with E-state index in [-0.39, 0.29) is 5.88 Å². The van der Waals surface area contributed by atoms with Crippen LogP contribution in [-0.2, 0) is 5.41 Å². The van der Waals surface area contributed by atoms with E-state index in [4.69, 9.17) is 20.4 Å². The zero-order valence-corrected chi connectivity index (χ0v) is 17.4. The van der Waals surface area contributed by atoms with Crippen LogP contribution in [0.5, 0.6) is 5.75 Å². The average molecular weight is 424 g/mol. The van der Waals surface area contributed by atoms with Crippen molar-refractivity contribution in [3.05, 3.63) is 113 Å². The zero-order chi connectivity index (χ0) is 22.2. The molecule has 0 saturated heterocycles. The van der Waals surface area contributed by atoms with Gasteiger partial charge >= 0.3 is 0 Å². The van der Waals surface area contributed by atoms with Crippen molar-refractivity contribution in [1.29, 1.82) is 5.26 Å². The standard InChI is InChI=1S/C28H16N4O/c29-15-21-27(30)33-24-14-17-8-2-1-7-16(17)13-20(24)28(21)19-10-4-3-9-18(19)25-26(28)32-23-12-6-5-11-22(23)31-25/h1-14H,30H2. The fourth-order valence-corrected chi connectivity index (χ4v) is 5.34. The van der Waals surface area contributed by atoms with Gasteiger partial charge in [-0.05, 0) is 40.6 Å². The quantitative estimate of drug-likeness (QED) is 0.370. The lowest BCUT2D eigenvalue weighted by Crippen LogP contribution is -2.37. The Bertz CT molecular complexity index is 1730. The van der Waals surface area contributed by atoms with Crippen molar-refractivity contribution in [2.75, 3.05) is 0 Å². The Labute approximate surface area is 189 Å². The predicted octanol–water partition coefficient (Wildman–Crippen LogP) is 5.18. The lowest BCUT2D eigenvalue weighted by Gasteiger charge is -2.36. The summed E-state index contributed by atoms with van der Waals surface area (Å²) in [6.07, 6.45) is 0. The Morgan fingerprint density at radius 2 is 1.45 bits per heavy atom. The van der Waals surface area contributed by atoms with Gasteiger partial charge in [-0.25, -0.2) is 9.97 Å². The maximum atomic E-state index is 10.4. The number of hydrogen-bond acceptors (Lipinski definition) is 5. The Morgan fingerprint density at radius 3 is 2.24 bits per heavy atom. The molecule has 0 radical (unpaired) electrons. The number of ether oxygens (including phenoxy) is 1. The number of nitrogens with zero attached hydrogens (tertiary/aromatic N) is 3. The van der Waals surface area contributed by atoms with Gasteiger partial charge in [-0.1, -0.05) is 60.7 Å². The highest BCUT2D eigenvalue weighted by atomic mass is 16.5. The van der Waals surface area contributed by atoms with Gasteiger partial charge in [0.05, 0.1) is 22.4 Å². The molecule has 33 heavy (non-hydrogen) atoms. The van der Waals surface area contributed by atoms with Crippen LogP contribution >= 0.6 is 0 Å². The molecule has 5 heteroatoms. The molecular formula is C28H16N4O. The van der Waals surface area contributed by atoms with Crippen LogP contribution in [0.4, 0.5) is 0 Å². The maximum absolute atomic E-state index is 10.4. The summed E-state index contributed by atoms with van der Waals surface area (Å²) in [5.74, 6) is 0.723. The smallest absolute Gasteiger partial charge is 0.206 e. The van der Waals surface area contributed by atoms with Crippen molar-refractivity contribution in [3.63, 3.8) is 0 Å². The molecule has 1 aromatic heterocycles. The second kappa shape index (κ2) is 6.18. The second-order valence-electron chi connectivity index (χ2n) is 8.35. The molecule has 1 spiro atoms. The largest absolute Gasteiger partial charge is 0.440 e. The molecule has 1 aliphatic carbocycles. The van der Waals surface area contributed by atoms with Gasteiger partial charge in [0, 0.05) is 11.1 Å². The first-order chi connectivity index (χ1) is 16.2. The molecule has 2 N–H and O–H groups in total. The number of hydrogen-bond donors (Lipinski definition) is 1. The zero-order valence-electron chi connectivity index (χ0n) is 17.4. The van der Waals surface area contributed by atoms with Crippen LogP contribution in [0, 0.1) is 11.3 Å². The summed E-state index contributed by atoms with van der Waals surface area (Å²) in [5, 5.41) is 12.5. The maximum Gasteiger partial charge on any atom is 0.206 e. The van der Waals surface area contributed by atoms with E-state index in [9.17, 15) is 5.26 Å². The minimum absolute atomic E-state index is 0.0953. The van der Waals surface area contributed by atoms with Crippen LogP contribution in [0.15, 0.2) is 96.4 Å². The van der Waals surface area contributed by atoms with Crippen LogP contribution in [0.25, 0.3) is 33.1 Å². The molecule has 5 aromatic rings. The molecule has 5 nitrogen and oxygen atoms in total. The van der Waals surface area contributed by atoms with Gasteiger partial charge in [0.2, 0.25) is 5.88 Å². The molecule has 0 bridgehead atoms. The normalized spacial score (nSPS) is 18.0. The van der Waals surface area contributed by atoms with Gasteiger partial charge in [0.1, 0.15) is 22.8 Å². The van der Waals surface area contributed by atoms with Gasteiger partial charge in [-0.3, -0.25) is 0 Å². The SMILES string of the molecule is N#CC1=C(N)Oc2cc3ccccc3cc2C12c1ccccc1-c1nc3ccccc3nc12. The Hall–Kier alpha value is -4.69. The third-order valence-electron chi connectivity index (χ3n) is 6.72. The summed E-state index contributed by atoms with van der Waals surface area (Å²) in [4.78, 5) is 10.1. The van der Waals surface area contributed by atoms with E-state index in [0.717, 1.165) is 44.2 Å². The van der Waals surface area contributed by atoms with Crippen LogP contribution in [0.3, 0.4) is 0 Å². The summed E-state index contributed by atoms with van der Waals surface area (Å²) in [5.41, 5.74) is 11.6. The molecule has 1 unspecified atom stereocenters. The lowest BCUT2D eigenvalue weighted by atomic mass is 9.68. The Morgan fingerprint density at radius 1 is 0.788 bits per heavy atom. The van der Waals surface area contributed by atoms with Crippen molar-refractivity contribution < 1.29 is 4.74 Å². The van der Waals surface area contributed by atoms with Gasteiger partial charge in [-0.2, -0.15) is 5.26 Å². The van der Waals surface area contributed by atoms with E-state index >= 15 is 0 Å². The van der Waals surface area contributed by atoms with Crippen molar-refractivity contribution >= 4 is 21.8 Å². The molecule has 2 aliphatic rings. The first kappa shape index (κ1) is 17.9. The average Bonchev–Trinajstić information content (AvgIpc) is 3.12. The molecule has 4 aromatic carbocycles. The van der Waals surface area contributed by atoms with Crippen LogP contribution in [0.1, 0.15) is 16.8 Å². The number of allylic oxidation sites excluding steroid dienone is 1. The summed E-state index contributed by atoms with van der Waals surface area (Å²) < 4.78 is 6.03. The van der Waals surface area contributed by atoms with E-state index in [1.165, 1.54) is 0 Å². The Balaban J connectivity index is 1.71. The third-order valence-corrected chi connectivity index (χ3v) is 6.72. The summed E-state index contributed by atoms with van der Waals surface area (Å²) in [7, 11) is 0. The number of rotatable bonds is 0. The molecule has 1 atom stereocenters. The number of fused-ring (bicyclic) bond motifs is 9. The van der Waals surface area contributed by atoms with Gasteiger partial charge < -0.3 is 10.5 Å². The van der Waals surface area contributed by atoms with Crippen LogP contribution in [-0.4, -0.2) is 9.97 Å². The minimum atomic E-state index is -1.00. The topological polar surface area (TPSA) is 84.8 Å². The van der Waals surface area contributed by atoms with E-state index in [1.54, 1.807) is 0 Å². The van der Waals surface area contributed by atoms with Crippen molar-refractivity contribution in [3.8, 4) is 23.1 Å². The van der Waals surface area contributed by atoms with Gasteiger partial charge in [-0.15, -0.1) is 0 Å². The van der Waals surface area contributed by atoms with E-state index in [1.807, 2.05) is 72.8 Å².